The summed E-state index contributed by atoms with van der Waals surface area (Å²) in [6.45, 7) is 3.78. The molecule has 1 aliphatic heterocycles. The van der Waals surface area contributed by atoms with Crippen LogP contribution in [0.3, 0.4) is 0 Å². The number of anilines is 2. The zero-order valence-corrected chi connectivity index (χ0v) is 17.3. The number of aromatic nitrogens is 1. The SMILES string of the molecule is Cc1ccccc1CN(Cc1cccnc1)C(=O)Nc1cccc(N2CCOC2=O)c1. The van der Waals surface area contributed by atoms with Gasteiger partial charge >= 0.3 is 12.1 Å². The summed E-state index contributed by atoms with van der Waals surface area (Å²) in [6, 6.07) is 18.8. The summed E-state index contributed by atoms with van der Waals surface area (Å²) >= 11 is 0. The zero-order valence-electron chi connectivity index (χ0n) is 17.3. The van der Waals surface area contributed by atoms with Crippen molar-refractivity contribution in [1.82, 2.24) is 9.88 Å². The number of nitrogens with zero attached hydrogens (tertiary/aromatic N) is 3. The van der Waals surface area contributed by atoms with Gasteiger partial charge in [0, 0.05) is 36.9 Å². The summed E-state index contributed by atoms with van der Waals surface area (Å²) in [4.78, 5) is 32.5. The average Bonchev–Trinajstić information content (AvgIpc) is 3.21. The minimum Gasteiger partial charge on any atom is -0.447 e. The number of hydrogen-bond donors (Lipinski definition) is 1. The van der Waals surface area contributed by atoms with E-state index in [9.17, 15) is 9.59 Å². The highest BCUT2D eigenvalue weighted by Crippen LogP contribution is 2.23. The molecule has 2 aromatic carbocycles. The van der Waals surface area contributed by atoms with Crippen molar-refractivity contribution in [3.05, 3.63) is 89.7 Å². The fourth-order valence-corrected chi connectivity index (χ4v) is 3.49. The third-order valence-electron chi connectivity index (χ3n) is 5.18. The van der Waals surface area contributed by atoms with Crippen LogP contribution in [0.5, 0.6) is 0 Å². The fraction of sp³-hybridized carbons (Fsp3) is 0.208. The van der Waals surface area contributed by atoms with E-state index in [0.29, 0.717) is 37.6 Å². The Morgan fingerprint density at radius 1 is 1.13 bits per heavy atom. The fourth-order valence-electron chi connectivity index (χ4n) is 3.49. The molecule has 1 aliphatic rings. The van der Waals surface area contributed by atoms with Gasteiger partial charge in [-0.15, -0.1) is 0 Å². The Labute approximate surface area is 181 Å². The molecule has 4 rings (SSSR count). The van der Waals surface area contributed by atoms with Gasteiger partial charge in [-0.05, 0) is 47.9 Å². The number of benzene rings is 2. The highest BCUT2D eigenvalue weighted by molar-refractivity contribution is 5.93. The molecule has 158 valence electrons. The monoisotopic (exact) mass is 416 g/mol. The highest BCUT2D eigenvalue weighted by Gasteiger charge is 2.24. The number of nitrogens with one attached hydrogen (secondary N) is 1. The molecular weight excluding hydrogens is 392 g/mol. The van der Waals surface area contributed by atoms with Crippen LogP contribution in [0.4, 0.5) is 21.0 Å². The lowest BCUT2D eigenvalue weighted by molar-refractivity contribution is 0.181. The van der Waals surface area contributed by atoms with Gasteiger partial charge in [0.1, 0.15) is 6.61 Å². The van der Waals surface area contributed by atoms with Crippen molar-refractivity contribution < 1.29 is 14.3 Å². The second-order valence-corrected chi connectivity index (χ2v) is 7.39. The van der Waals surface area contributed by atoms with Crippen molar-refractivity contribution in [3.63, 3.8) is 0 Å². The number of hydrogen-bond acceptors (Lipinski definition) is 4. The third kappa shape index (κ3) is 5.01. The molecule has 3 amide bonds. The van der Waals surface area contributed by atoms with Gasteiger partial charge in [-0.2, -0.15) is 0 Å². The van der Waals surface area contributed by atoms with Crippen LogP contribution in [0.2, 0.25) is 0 Å². The first-order valence-electron chi connectivity index (χ1n) is 10.1. The lowest BCUT2D eigenvalue weighted by Gasteiger charge is -2.24. The van der Waals surface area contributed by atoms with E-state index in [1.54, 1.807) is 34.3 Å². The molecule has 7 heteroatoms. The van der Waals surface area contributed by atoms with E-state index in [0.717, 1.165) is 16.7 Å². The zero-order chi connectivity index (χ0) is 21.6. The van der Waals surface area contributed by atoms with Gasteiger partial charge in [0.15, 0.2) is 0 Å². The van der Waals surface area contributed by atoms with Crippen molar-refractivity contribution in [1.29, 1.82) is 0 Å². The summed E-state index contributed by atoms with van der Waals surface area (Å²) in [6.07, 6.45) is 3.10. The number of ether oxygens (including phenoxy) is 1. The van der Waals surface area contributed by atoms with Gasteiger partial charge < -0.3 is 15.0 Å². The average molecular weight is 416 g/mol. The van der Waals surface area contributed by atoms with Gasteiger partial charge in [0.05, 0.1) is 6.54 Å². The van der Waals surface area contributed by atoms with Crippen molar-refractivity contribution in [2.75, 3.05) is 23.4 Å². The van der Waals surface area contributed by atoms with E-state index < -0.39 is 0 Å². The Balaban J connectivity index is 1.54. The summed E-state index contributed by atoms with van der Waals surface area (Å²) in [5.74, 6) is 0. The van der Waals surface area contributed by atoms with E-state index in [1.165, 1.54) is 0 Å². The van der Waals surface area contributed by atoms with E-state index in [1.807, 2.05) is 55.5 Å². The smallest absolute Gasteiger partial charge is 0.414 e. The number of rotatable bonds is 6. The summed E-state index contributed by atoms with van der Waals surface area (Å²) < 4.78 is 5.01. The molecular formula is C24H24N4O3. The molecule has 0 atom stereocenters. The number of carbonyl (C=O) groups is 2. The number of cyclic esters (lactones) is 1. The Morgan fingerprint density at radius 2 is 2.00 bits per heavy atom. The van der Waals surface area contributed by atoms with Crippen LogP contribution >= 0.6 is 0 Å². The Bertz CT molecular complexity index is 1070. The molecule has 0 unspecified atom stereocenters. The summed E-state index contributed by atoms with van der Waals surface area (Å²) in [5, 5.41) is 2.97. The number of pyridine rings is 1. The van der Waals surface area contributed by atoms with E-state index in [2.05, 4.69) is 10.3 Å². The molecule has 1 fully saturated rings. The van der Waals surface area contributed by atoms with Gasteiger partial charge in [-0.3, -0.25) is 9.88 Å². The van der Waals surface area contributed by atoms with Crippen molar-refractivity contribution in [2.45, 2.75) is 20.0 Å². The molecule has 0 spiro atoms. The molecule has 0 saturated carbocycles. The second-order valence-electron chi connectivity index (χ2n) is 7.39. The lowest BCUT2D eigenvalue weighted by Crippen LogP contribution is -2.34. The van der Waals surface area contributed by atoms with E-state index in [-0.39, 0.29) is 12.1 Å². The maximum atomic E-state index is 13.2. The van der Waals surface area contributed by atoms with Crippen molar-refractivity contribution in [3.8, 4) is 0 Å². The number of urea groups is 1. The third-order valence-corrected chi connectivity index (χ3v) is 5.18. The molecule has 1 saturated heterocycles. The van der Waals surface area contributed by atoms with Crippen LogP contribution < -0.4 is 10.2 Å². The molecule has 2 heterocycles. The highest BCUT2D eigenvalue weighted by atomic mass is 16.6. The van der Waals surface area contributed by atoms with Crippen LogP contribution in [0, 0.1) is 6.92 Å². The minimum absolute atomic E-state index is 0.228. The number of amides is 3. The van der Waals surface area contributed by atoms with Crippen molar-refractivity contribution in [2.24, 2.45) is 0 Å². The standard InChI is InChI=1S/C24H24N4O3/c1-18-6-2-3-8-20(18)17-27(16-19-7-5-11-25-15-19)23(29)26-21-9-4-10-22(14-21)28-12-13-31-24(28)30/h2-11,14-15H,12-13,16-17H2,1H3,(H,26,29). The summed E-state index contributed by atoms with van der Waals surface area (Å²) in [7, 11) is 0. The van der Waals surface area contributed by atoms with Crippen LogP contribution in [-0.2, 0) is 17.8 Å². The lowest BCUT2D eigenvalue weighted by atomic mass is 10.1. The van der Waals surface area contributed by atoms with Gasteiger partial charge in [-0.25, -0.2) is 9.59 Å². The van der Waals surface area contributed by atoms with Gasteiger partial charge in [0.25, 0.3) is 0 Å². The maximum Gasteiger partial charge on any atom is 0.414 e. The first-order chi connectivity index (χ1) is 15.1. The Morgan fingerprint density at radius 3 is 2.74 bits per heavy atom. The molecule has 0 bridgehead atoms. The molecule has 3 aromatic rings. The van der Waals surface area contributed by atoms with Crippen molar-refractivity contribution >= 4 is 23.5 Å². The molecule has 0 aliphatic carbocycles. The van der Waals surface area contributed by atoms with Gasteiger partial charge in [0.2, 0.25) is 0 Å². The molecule has 0 radical (unpaired) electrons. The normalized spacial score (nSPS) is 13.1. The van der Waals surface area contributed by atoms with E-state index in [4.69, 9.17) is 4.74 Å². The quantitative estimate of drug-likeness (QED) is 0.638. The van der Waals surface area contributed by atoms with Crippen LogP contribution in [0.15, 0.2) is 73.1 Å². The van der Waals surface area contributed by atoms with E-state index >= 15 is 0 Å². The molecule has 7 nitrogen and oxygen atoms in total. The number of carbonyl (C=O) groups excluding carboxylic acids is 2. The number of aryl methyl sites for hydroxylation is 1. The molecule has 1 N–H and O–H groups in total. The largest absolute Gasteiger partial charge is 0.447 e. The first kappa shape index (κ1) is 20.4. The van der Waals surface area contributed by atoms with Crippen LogP contribution in [0.1, 0.15) is 16.7 Å². The summed E-state index contributed by atoms with van der Waals surface area (Å²) in [5.41, 5.74) is 4.46. The Kier molecular flexibility index (Phi) is 6.12. The maximum absolute atomic E-state index is 13.2. The molecule has 31 heavy (non-hydrogen) atoms. The topological polar surface area (TPSA) is 74.8 Å². The first-order valence-corrected chi connectivity index (χ1v) is 10.1. The second kappa shape index (κ2) is 9.30. The van der Waals surface area contributed by atoms with Gasteiger partial charge in [-0.1, -0.05) is 36.4 Å². The minimum atomic E-state index is -0.374. The van der Waals surface area contributed by atoms with Crippen LogP contribution in [0.25, 0.3) is 0 Å². The Hall–Kier alpha value is -3.87. The predicted octanol–water partition coefficient (Wildman–Crippen LogP) is 4.58. The predicted molar refractivity (Wildman–Crippen MR) is 119 cm³/mol. The molecule has 1 aromatic heterocycles. The van der Waals surface area contributed by atoms with Crippen LogP contribution in [-0.4, -0.2) is 35.2 Å².